The fraction of sp³-hybridized carbons (Fsp3) is 0.556. The molecule has 0 spiro atoms. The summed E-state index contributed by atoms with van der Waals surface area (Å²) in [5.41, 5.74) is 5.33. The molecule has 1 heterocycles. The first-order valence-corrected chi connectivity index (χ1v) is 4.46. The highest BCUT2D eigenvalue weighted by Crippen LogP contribution is 2.02. The third-order valence-corrected chi connectivity index (χ3v) is 1.39. The van der Waals surface area contributed by atoms with Crippen molar-refractivity contribution in [2.24, 2.45) is 5.73 Å². The molecule has 0 radical (unpaired) electrons. The Hall–Kier alpha value is -1.32. The number of carbonyl (C=O) groups excluding carboxylic acids is 1. The summed E-state index contributed by atoms with van der Waals surface area (Å²) in [4.78, 5) is 10.6. The van der Waals surface area contributed by atoms with Crippen LogP contribution in [0.1, 0.15) is 44.2 Å². The summed E-state index contributed by atoms with van der Waals surface area (Å²) in [6.45, 7) is 7.97. The molecule has 0 aliphatic heterocycles. The fourth-order valence-electron chi connectivity index (χ4n) is 0.757. The molecule has 0 aliphatic rings. The minimum Gasteiger partial charge on any atom is -0.364 e. The van der Waals surface area contributed by atoms with Crippen LogP contribution in [0.2, 0.25) is 0 Å². The molecule has 4 heteroatoms. The summed E-state index contributed by atoms with van der Waals surface area (Å²) in [6.07, 6.45) is 1.74. The van der Waals surface area contributed by atoms with Crippen LogP contribution in [0, 0.1) is 0 Å². The minimum atomic E-state index is -0.482. The van der Waals surface area contributed by atoms with Crippen molar-refractivity contribution in [1.82, 2.24) is 9.78 Å². The number of hydrogen-bond acceptors (Lipinski definition) is 2. The lowest BCUT2D eigenvalue weighted by molar-refractivity contribution is 0.0994. The topological polar surface area (TPSA) is 60.9 Å². The molecular weight excluding hydrogens is 166 g/mol. The zero-order valence-corrected chi connectivity index (χ0v) is 8.61. The molecule has 0 saturated carbocycles. The normalized spacial score (nSPS) is 9.31. The minimum absolute atomic E-state index is 0.267. The van der Waals surface area contributed by atoms with Gasteiger partial charge in [-0.3, -0.25) is 9.48 Å². The van der Waals surface area contributed by atoms with Crippen LogP contribution in [0.3, 0.4) is 0 Å². The molecule has 13 heavy (non-hydrogen) atoms. The number of amides is 1. The Morgan fingerprint density at radius 1 is 1.54 bits per heavy atom. The maximum Gasteiger partial charge on any atom is 0.269 e. The lowest BCUT2D eigenvalue weighted by atomic mass is 10.4. The lowest BCUT2D eigenvalue weighted by Gasteiger charge is -2.02. The van der Waals surface area contributed by atoms with Gasteiger partial charge in [0.25, 0.3) is 5.91 Å². The maximum atomic E-state index is 10.6. The highest BCUT2D eigenvalue weighted by Gasteiger charge is 2.05. The number of primary amides is 1. The van der Waals surface area contributed by atoms with Gasteiger partial charge in [-0.05, 0) is 19.9 Å². The molecule has 2 N–H and O–H groups in total. The number of aromatic nitrogens is 2. The molecular formula is C9H17N3O. The number of nitrogens with two attached hydrogens (primary N) is 1. The average molecular weight is 183 g/mol. The predicted molar refractivity (Wildman–Crippen MR) is 52.5 cm³/mol. The molecule has 1 amide bonds. The third-order valence-electron chi connectivity index (χ3n) is 1.39. The summed E-state index contributed by atoms with van der Waals surface area (Å²) in [5, 5.41) is 3.95. The Bertz CT molecular complexity index is 266. The molecule has 0 bridgehead atoms. The van der Waals surface area contributed by atoms with Gasteiger partial charge in [-0.2, -0.15) is 5.10 Å². The number of nitrogens with zero attached hydrogens (tertiary/aromatic N) is 2. The quantitative estimate of drug-likeness (QED) is 0.756. The van der Waals surface area contributed by atoms with E-state index in [9.17, 15) is 4.79 Å². The van der Waals surface area contributed by atoms with Gasteiger partial charge in [0.15, 0.2) is 0 Å². The molecule has 0 atom stereocenters. The molecule has 0 fully saturated rings. The SMILES string of the molecule is CC.CC(C)n1ccc(C(N)=O)n1. The summed E-state index contributed by atoms with van der Waals surface area (Å²) in [6, 6.07) is 1.88. The third kappa shape index (κ3) is 3.27. The molecule has 0 saturated heterocycles. The van der Waals surface area contributed by atoms with Crippen LogP contribution in [0.4, 0.5) is 0 Å². The number of rotatable bonds is 2. The van der Waals surface area contributed by atoms with Crippen molar-refractivity contribution < 1.29 is 4.79 Å². The second-order valence-electron chi connectivity index (χ2n) is 2.64. The first-order chi connectivity index (χ1) is 6.11. The molecule has 1 aromatic heterocycles. The van der Waals surface area contributed by atoms with E-state index in [0.29, 0.717) is 5.69 Å². The van der Waals surface area contributed by atoms with Crippen LogP contribution >= 0.6 is 0 Å². The van der Waals surface area contributed by atoms with Gasteiger partial charge in [0, 0.05) is 12.2 Å². The summed E-state index contributed by atoms with van der Waals surface area (Å²) in [5.74, 6) is -0.482. The zero-order valence-electron chi connectivity index (χ0n) is 8.61. The van der Waals surface area contributed by atoms with E-state index >= 15 is 0 Å². The van der Waals surface area contributed by atoms with Gasteiger partial charge in [0.2, 0.25) is 0 Å². The van der Waals surface area contributed by atoms with E-state index in [-0.39, 0.29) is 6.04 Å². The molecule has 4 nitrogen and oxygen atoms in total. The smallest absolute Gasteiger partial charge is 0.269 e. The molecule has 0 unspecified atom stereocenters. The second-order valence-corrected chi connectivity index (χ2v) is 2.64. The highest BCUT2D eigenvalue weighted by molar-refractivity contribution is 5.90. The van der Waals surface area contributed by atoms with Crippen LogP contribution in [0.5, 0.6) is 0 Å². The van der Waals surface area contributed by atoms with Crippen molar-refractivity contribution in [2.75, 3.05) is 0 Å². The Balaban J connectivity index is 0.000000671. The zero-order chi connectivity index (χ0) is 10.4. The van der Waals surface area contributed by atoms with Crippen molar-refractivity contribution in [3.63, 3.8) is 0 Å². The molecule has 0 aromatic carbocycles. The van der Waals surface area contributed by atoms with Crippen LogP contribution in [0.15, 0.2) is 12.3 Å². The Morgan fingerprint density at radius 3 is 2.31 bits per heavy atom. The predicted octanol–water partition coefficient (Wildman–Crippen LogP) is 1.59. The Kier molecular flexibility index (Phi) is 4.80. The number of hydrogen-bond donors (Lipinski definition) is 1. The van der Waals surface area contributed by atoms with Crippen LogP contribution in [-0.4, -0.2) is 15.7 Å². The van der Waals surface area contributed by atoms with E-state index in [4.69, 9.17) is 5.73 Å². The van der Waals surface area contributed by atoms with Crippen molar-refractivity contribution >= 4 is 5.91 Å². The van der Waals surface area contributed by atoms with Gasteiger partial charge in [0.05, 0.1) is 0 Å². The van der Waals surface area contributed by atoms with Crippen molar-refractivity contribution in [1.29, 1.82) is 0 Å². The van der Waals surface area contributed by atoms with Gasteiger partial charge < -0.3 is 5.73 Å². The molecule has 0 aliphatic carbocycles. The molecule has 1 aromatic rings. The standard InChI is InChI=1S/C7H11N3O.C2H6/c1-5(2)10-4-3-6(9-10)7(8)11;1-2/h3-5H,1-2H3,(H2,8,11);1-2H3. The van der Waals surface area contributed by atoms with Crippen molar-refractivity contribution in [3.8, 4) is 0 Å². The van der Waals surface area contributed by atoms with E-state index in [1.165, 1.54) is 0 Å². The average Bonchev–Trinajstić information content (AvgIpc) is 2.56. The number of carbonyl (C=O) groups is 1. The van der Waals surface area contributed by atoms with Crippen molar-refractivity contribution in [3.05, 3.63) is 18.0 Å². The van der Waals surface area contributed by atoms with Gasteiger partial charge >= 0.3 is 0 Å². The highest BCUT2D eigenvalue weighted by atomic mass is 16.1. The van der Waals surface area contributed by atoms with E-state index in [1.807, 2.05) is 27.7 Å². The van der Waals surface area contributed by atoms with Gasteiger partial charge in [-0.15, -0.1) is 0 Å². The Labute approximate surface area is 78.7 Å². The van der Waals surface area contributed by atoms with Gasteiger partial charge in [-0.25, -0.2) is 0 Å². The molecule has 1 rings (SSSR count). The van der Waals surface area contributed by atoms with Crippen LogP contribution < -0.4 is 5.73 Å². The van der Waals surface area contributed by atoms with Gasteiger partial charge in [-0.1, -0.05) is 13.8 Å². The van der Waals surface area contributed by atoms with E-state index in [1.54, 1.807) is 16.9 Å². The van der Waals surface area contributed by atoms with E-state index < -0.39 is 5.91 Å². The van der Waals surface area contributed by atoms with E-state index in [0.717, 1.165) is 0 Å². The molecule has 74 valence electrons. The summed E-state index contributed by atoms with van der Waals surface area (Å²) >= 11 is 0. The summed E-state index contributed by atoms with van der Waals surface area (Å²) < 4.78 is 1.69. The second kappa shape index (κ2) is 5.35. The van der Waals surface area contributed by atoms with Crippen LogP contribution in [-0.2, 0) is 0 Å². The Morgan fingerprint density at radius 2 is 2.08 bits per heavy atom. The fourth-order valence-corrected chi connectivity index (χ4v) is 0.757. The monoisotopic (exact) mass is 183 g/mol. The first-order valence-electron chi connectivity index (χ1n) is 4.46. The largest absolute Gasteiger partial charge is 0.364 e. The van der Waals surface area contributed by atoms with E-state index in [2.05, 4.69) is 5.10 Å². The first kappa shape index (κ1) is 11.7. The van der Waals surface area contributed by atoms with Crippen molar-refractivity contribution in [2.45, 2.75) is 33.7 Å². The summed E-state index contributed by atoms with van der Waals surface area (Å²) in [7, 11) is 0. The lowest BCUT2D eigenvalue weighted by Crippen LogP contribution is -2.13. The van der Waals surface area contributed by atoms with Crippen LogP contribution in [0.25, 0.3) is 0 Å². The maximum absolute atomic E-state index is 10.6. The van der Waals surface area contributed by atoms with Gasteiger partial charge in [0.1, 0.15) is 5.69 Å².